The topological polar surface area (TPSA) is 70.3 Å². The molecular formula is C13H20N2O4. The van der Waals surface area contributed by atoms with Crippen LogP contribution in [0.2, 0.25) is 0 Å². The van der Waals surface area contributed by atoms with Crippen molar-refractivity contribution in [2.24, 2.45) is 5.41 Å². The highest BCUT2D eigenvalue weighted by Gasteiger charge is 2.23. The van der Waals surface area contributed by atoms with Crippen molar-refractivity contribution in [2.75, 3.05) is 0 Å². The number of ether oxygens (including phenoxy) is 1. The van der Waals surface area contributed by atoms with Crippen LogP contribution in [0.25, 0.3) is 0 Å². The smallest absolute Gasteiger partial charge is 0.333 e. The van der Waals surface area contributed by atoms with Gasteiger partial charge in [-0.05, 0) is 34.6 Å². The Morgan fingerprint density at radius 2 is 1.89 bits per heavy atom. The molecule has 1 aromatic heterocycles. The predicted molar refractivity (Wildman–Crippen MR) is 70.9 cm³/mol. The number of carbonyl (C=O) groups is 1. The van der Waals surface area contributed by atoms with Gasteiger partial charge in [-0.1, -0.05) is 0 Å². The minimum absolute atomic E-state index is 0.352. The van der Waals surface area contributed by atoms with Crippen molar-refractivity contribution < 1.29 is 9.53 Å². The Morgan fingerprint density at radius 3 is 2.37 bits per heavy atom. The van der Waals surface area contributed by atoms with Crippen molar-refractivity contribution in [3.05, 3.63) is 32.6 Å². The molecule has 1 rings (SSSR count). The van der Waals surface area contributed by atoms with Gasteiger partial charge in [-0.2, -0.15) is 0 Å². The van der Waals surface area contributed by atoms with Crippen LogP contribution >= 0.6 is 0 Å². The van der Waals surface area contributed by atoms with Gasteiger partial charge in [0.05, 0.1) is 5.41 Å². The summed E-state index contributed by atoms with van der Waals surface area (Å²) >= 11 is 0. The normalized spacial score (nSPS) is 11.4. The highest BCUT2D eigenvalue weighted by Crippen LogP contribution is 2.14. The molecule has 106 valence electrons. The molecule has 0 aliphatic carbocycles. The van der Waals surface area contributed by atoms with Crippen molar-refractivity contribution >= 4 is 5.97 Å². The molecule has 6 nitrogen and oxygen atoms in total. The van der Waals surface area contributed by atoms with Gasteiger partial charge in [0.2, 0.25) is 0 Å². The zero-order chi connectivity index (χ0) is 14.8. The first-order valence-corrected chi connectivity index (χ1v) is 6.16. The number of nitrogens with zero attached hydrogens (tertiary/aromatic N) is 2. The van der Waals surface area contributed by atoms with E-state index in [-0.39, 0.29) is 6.73 Å². The summed E-state index contributed by atoms with van der Waals surface area (Å²) in [4.78, 5) is 35.5. The second-order valence-corrected chi connectivity index (χ2v) is 5.42. The number of hydrogen-bond donors (Lipinski definition) is 0. The molecule has 0 N–H and O–H groups in total. The number of rotatable bonds is 3. The summed E-state index contributed by atoms with van der Waals surface area (Å²) in [5.74, 6) is -0.455. The van der Waals surface area contributed by atoms with Crippen LogP contribution in [0.5, 0.6) is 0 Å². The summed E-state index contributed by atoms with van der Waals surface area (Å²) in [5.41, 5.74) is -1.14. The standard InChI is InChI=1S/C13H20N2O4/c1-6-14-7-9(2)10(16)15(12(14)18)8-19-11(17)13(3,4)5/h7H,6,8H2,1-5H3. The fourth-order valence-electron chi connectivity index (χ4n) is 1.48. The Balaban J connectivity index is 3.09. The van der Waals surface area contributed by atoms with E-state index in [1.54, 1.807) is 34.6 Å². The maximum absolute atomic E-state index is 12.0. The van der Waals surface area contributed by atoms with Crippen LogP contribution in [-0.4, -0.2) is 15.1 Å². The van der Waals surface area contributed by atoms with Gasteiger partial charge in [-0.3, -0.25) is 9.59 Å². The molecule has 1 heterocycles. The first-order chi connectivity index (χ1) is 8.68. The first-order valence-electron chi connectivity index (χ1n) is 6.16. The van der Waals surface area contributed by atoms with E-state index in [0.717, 1.165) is 4.57 Å². The van der Waals surface area contributed by atoms with E-state index in [1.807, 2.05) is 0 Å². The SMILES string of the molecule is CCn1cc(C)c(=O)n(COC(=O)C(C)(C)C)c1=O. The number of hydrogen-bond acceptors (Lipinski definition) is 4. The number of carbonyl (C=O) groups excluding carboxylic acids is 1. The van der Waals surface area contributed by atoms with Crippen LogP contribution < -0.4 is 11.2 Å². The quantitative estimate of drug-likeness (QED) is 0.763. The van der Waals surface area contributed by atoms with Gasteiger partial charge >= 0.3 is 11.7 Å². The van der Waals surface area contributed by atoms with E-state index in [0.29, 0.717) is 12.1 Å². The summed E-state index contributed by atoms with van der Waals surface area (Å²) in [5, 5.41) is 0. The van der Waals surface area contributed by atoms with Crippen molar-refractivity contribution in [2.45, 2.75) is 47.9 Å². The second-order valence-electron chi connectivity index (χ2n) is 5.42. The van der Waals surface area contributed by atoms with Crippen LogP contribution in [0.1, 0.15) is 33.3 Å². The Labute approximate surface area is 111 Å². The molecule has 0 aromatic carbocycles. The number of esters is 1. The lowest BCUT2D eigenvalue weighted by Crippen LogP contribution is -2.42. The van der Waals surface area contributed by atoms with Gasteiger partial charge in [-0.15, -0.1) is 0 Å². The molecule has 0 saturated heterocycles. The van der Waals surface area contributed by atoms with Crippen LogP contribution in [0.15, 0.2) is 15.8 Å². The lowest BCUT2D eigenvalue weighted by molar-refractivity contribution is -0.157. The van der Waals surface area contributed by atoms with E-state index in [2.05, 4.69) is 0 Å². The van der Waals surface area contributed by atoms with Crippen LogP contribution in [0.4, 0.5) is 0 Å². The molecule has 0 radical (unpaired) electrons. The minimum Gasteiger partial charge on any atom is -0.443 e. The zero-order valence-corrected chi connectivity index (χ0v) is 12.0. The highest BCUT2D eigenvalue weighted by molar-refractivity contribution is 5.75. The van der Waals surface area contributed by atoms with Gasteiger partial charge in [0, 0.05) is 18.3 Å². The molecule has 0 atom stereocenters. The molecule has 0 unspecified atom stereocenters. The average molecular weight is 268 g/mol. The molecule has 0 fully saturated rings. The second kappa shape index (κ2) is 5.42. The van der Waals surface area contributed by atoms with E-state index < -0.39 is 22.6 Å². The molecule has 6 heteroatoms. The molecule has 0 amide bonds. The zero-order valence-electron chi connectivity index (χ0n) is 12.0. The Kier molecular flexibility index (Phi) is 4.34. The molecule has 0 aliphatic heterocycles. The Hall–Kier alpha value is -1.85. The fourth-order valence-corrected chi connectivity index (χ4v) is 1.48. The summed E-state index contributed by atoms with van der Waals surface area (Å²) in [7, 11) is 0. The average Bonchev–Trinajstić information content (AvgIpc) is 2.32. The van der Waals surface area contributed by atoms with E-state index >= 15 is 0 Å². The van der Waals surface area contributed by atoms with E-state index in [1.165, 1.54) is 10.8 Å². The molecule has 1 aromatic rings. The predicted octanol–water partition coefficient (Wildman–Crippen LogP) is 0.885. The monoisotopic (exact) mass is 268 g/mol. The lowest BCUT2D eigenvalue weighted by atomic mass is 9.98. The van der Waals surface area contributed by atoms with Crippen molar-refractivity contribution in [1.29, 1.82) is 0 Å². The third kappa shape index (κ3) is 3.33. The number of aromatic nitrogens is 2. The van der Waals surface area contributed by atoms with Crippen LogP contribution in [-0.2, 0) is 22.8 Å². The number of aryl methyl sites for hydroxylation is 2. The van der Waals surface area contributed by atoms with Gasteiger partial charge in [0.25, 0.3) is 5.56 Å². The first kappa shape index (κ1) is 15.2. The van der Waals surface area contributed by atoms with Gasteiger partial charge in [0.15, 0.2) is 6.73 Å². The largest absolute Gasteiger partial charge is 0.443 e. The third-order valence-electron chi connectivity index (χ3n) is 2.69. The highest BCUT2D eigenvalue weighted by atomic mass is 16.5. The summed E-state index contributed by atoms with van der Waals surface area (Å²) in [6.45, 7) is 8.64. The summed E-state index contributed by atoms with van der Waals surface area (Å²) < 4.78 is 7.36. The summed E-state index contributed by atoms with van der Waals surface area (Å²) in [6.07, 6.45) is 1.51. The molecular weight excluding hydrogens is 248 g/mol. The van der Waals surface area contributed by atoms with Crippen LogP contribution in [0.3, 0.4) is 0 Å². The minimum atomic E-state index is -0.669. The lowest BCUT2D eigenvalue weighted by Gasteiger charge is -2.17. The molecule has 0 spiro atoms. The summed E-state index contributed by atoms with van der Waals surface area (Å²) in [6, 6.07) is 0. The Bertz CT molecular complexity index is 590. The molecule has 19 heavy (non-hydrogen) atoms. The maximum atomic E-state index is 12.0. The van der Waals surface area contributed by atoms with Crippen molar-refractivity contribution in [3.8, 4) is 0 Å². The molecule has 0 bridgehead atoms. The van der Waals surface area contributed by atoms with E-state index in [4.69, 9.17) is 4.74 Å². The van der Waals surface area contributed by atoms with Crippen molar-refractivity contribution in [1.82, 2.24) is 9.13 Å². The Morgan fingerprint density at radius 1 is 1.32 bits per heavy atom. The van der Waals surface area contributed by atoms with Gasteiger partial charge in [-0.25, -0.2) is 9.36 Å². The fraction of sp³-hybridized carbons (Fsp3) is 0.615. The van der Waals surface area contributed by atoms with Crippen LogP contribution in [0, 0.1) is 12.3 Å². The van der Waals surface area contributed by atoms with Crippen molar-refractivity contribution in [3.63, 3.8) is 0 Å². The molecule has 0 aliphatic rings. The van der Waals surface area contributed by atoms with E-state index in [9.17, 15) is 14.4 Å². The van der Waals surface area contributed by atoms with Gasteiger partial charge in [0.1, 0.15) is 0 Å². The third-order valence-corrected chi connectivity index (χ3v) is 2.69. The maximum Gasteiger partial charge on any atom is 0.333 e. The molecule has 0 saturated carbocycles. The van der Waals surface area contributed by atoms with Gasteiger partial charge < -0.3 is 9.30 Å².